The van der Waals surface area contributed by atoms with E-state index in [-0.39, 0.29) is 21.7 Å². The van der Waals surface area contributed by atoms with E-state index in [1.165, 1.54) is 0 Å². The topological polar surface area (TPSA) is 20.2 Å². The summed E-state index contributed by atoms with van der Waals surface area (Å²) in [6.07, 6.45) is 0. The molecule has 2 heteroatoms. The maximum Gasteiger partial charge on any atom is 0.121 e. The average Bonchev–Trinajstić information content (AvgIpc) is 1.83. The van der Waals surface area contributed by atoms with Gasteiger partial charge in [0.1, 0.15) is 5.75 Å². The van der Waals surface area contributed by atoms with Crippen molar-refractivity contribution in [3.63, 3.8) is 0 Å². The van der Waals surface area contributed by atoms with Crippen molar-refractivity contribution in [3.8, 4) is 5.75 Å². The Morgan fingerprint density at radius 3 is 1.80 bits per heavy atom. The third-order valence-electron chi connectivity index (χ3n) is 1.44. The van der Waals surface area contributed by atoms with Gasteiger partial charge in [0.05, 0.1) is 0 Å². The summed E-state index contributed by atoms with van der Waals surface area (Å²) in [4.78, 5) is 0. The van der Waals surface area contributed by atoms with Crippen molar-refractivity contribution in [1.82, 2.24) is 0 Å². The van der Waals surface area contributed by atoms with E-state index in [4.69, 9.17) is 0 Å². The molecule has 0 aliphatic carbocycles. The van der Waals surface area contributed by atoms with E-state index in [0.717, 1.165) is 11.1 Å². The molecule has 0 bridgehead atoms. The molecule has 1 aromatic carbocycles. The normalized spacial score (nSPS) is 8.60. The summed E-state index contributed by atoms with van der Waals surface area (Å²) in [5.74, 6) is 0.414. The molecule has 0 heterocycles. The van der Waals surface area contributed by atoms with Crippen LogP contribution < -0.4 is 0 Å². The van der Waals surface area contributed by atoms with Crippen LogP contribution in [0.1, 0.15) is 11.1 Å². The molecule has 0 saturated heterocycles. The zero-order valence-electron chi connectivity index (χ0n) is 6.18. The van der Waals surface area contributed by atoms with Gasteiger partial charge in [0.15, 0.2) is 0 Å². The van der Waals surface area contributed by atoms with Crippen LogP contribution in [0.3, 0.4) is 0 Å². The van der Waals surface area contributed by atoms with Crippen molar-refractivity contribution >= 4 is 0 Å². The Hall–Kier alpha value is -0.266. The van der Waals surface area contributed by atoms with E-state index < -0.39 is 0 Å². The van der Waals surface area contributed by atoms with Crippen molar-refractivity contribution in [2.75, 3.05) is 0 Å². The molecule has 0 atom stereocenters. The first-order valence-corrected chi connectivity index (χ1v) is 2.97. The van der Waals surface area contributed by atoms with Gasteiger partial charge in [-0.2, -0.15) is 0 Å². The summed E-state index contributed by atoms with van der Waals surface area (Å²) in [6, 6.07) is 5.72. The third-order valence-corrected chi connectivity index (χ3v) is 1.44. The molecule has 0 aromatic heterocycles. The maximum atomic E-state index is 9.21. The van der Waals surface area contributed by atoms with Gasteiger partial charge < -0.3 is 5.11 Å². The van der Waals surface area contributed by atoms with Gasteiger partial charge in [0.2, 0.25) is 0 Å². The molecule has 0 aliphatic rings. The van der Waals surface area contributed by atoms with Crippen LogP contribution in [-0.2, 0) is 21.7 Å². The molecule has 0 saturated carbocycles. The fourth-order valence-electron chi connectivity index (χ4n) is 0.806. The second kappa shape index (κ2) is 3.79. The van der Waals surface area contributed by atoms with Crippen LogP contribution in [0, 0.1) is 13.8 Å². The fourth-order valence-corrected chi connectivity index (χ4v) is 0.806. The molecular weight excluding hydrogens is 160 g/mol. The predicted molar refractivity (Wildman–Crippen MR) is 37.6 cm³/mol. The van der Waals surface area contributed by atoms with Crippen molar-refractivity contribution < 1.29 is 26.8 Å². The van der Waals surface area contributed by atoms with E-state index in [0.29, 0.717) is 5.75 Å². The number of phenolic OH excluding ortho intramolecular Hbond substituents is 1. The van der Waals surface area contributed by atoms with Gasteiger partial charge in [-0.25, -0.2) is 0 Å². The molecule has 10 heavy (non-hydrogen) atoms. The quantitative estimate of drug-likeness (QED) is 0.590. The molecule has 1 aromatic rings. The molecular formula is C8H10OTi. The molecule has 0 amide bonds. The van der Waals surface area contributed by atoms with Gasteiger partial charge in [-0.05, 0) is 25.0 Å². The van der Waals surface area contributed by atoms with E-state index in [9.17, 15) is 5.11 Å². The summed E-state index contributed by atoms with van der Waals surface area (Å²) < 4.78 is 0. The smallest absolute Gasteiger partial charge is 0.121 e. The second-order valence-electron chi connectivity index (χ2n) is 2.24. The minimum absolute atomic E-state index is 0. The average molecular weight is 170 g/mol. The van der Waals surface area contributed by atoms with Gasteiger partial charge in [0.25, 0.3) is 0 Å². The van der Waals surface area contributed by atoms with Crippen LogP contribution in [0.2, 0.25) is 0 Å². The molecule has 1 nitrogen and oxygen atoms in total. The number of benzene rings is 1. The number of aryl methyl sites for hydroxylation is 2. The second-order valence-corrected chi connectivity index (χ2v) is 2.24. The summed E-state index contributed by atoms with van der Waals surface area (Å²) >= 11 is 0. The standard InChI is InChI=1S/C8H10O.Ti/c1-6-4-3-5-7(2)8(6)9;/h3-5,9H,1-2H3;. The van der Waals surface area contributed by atoms with Crippen LogP contribution >= 0.6 is 0 Å². The Kier molecular flexibility index (Phi) is 3.69. The fraction of sp³-hybridized carbons (Fsp3) is 0.250. The van der Waals surface area contributed by atoms with Crippen molar-refractivity contribution in [2.45, 2.75) is 13.8 Å². The Morgan fingerprint density at radius 2 is 1.50 bits per heavy atom. The molecule has 1 rings (SSSR count). The Labute approximate surface area is 76.0 Å². The summed E-state index contributed by atoms with van der Waals surface area (Å²) in [6.45, 7) is 3.78. The van der Waals surface area contributed by atoms with Crippen LogP contribution in [-0.4, -0.2) is 5.11 Å². The maximum absolute atomic E-state index is 9.21. The van der Waals surface area contributed by atoms with E-state index in [2.05, 4.69) is 0 Å². The van der Waals surface area contributed by atoms with Crippen LogP contribution in [0.25, 0.3) is 0 Å². The number of aromatic hydroxyl groups is 1. The summed E-state index contributed by atoms with van der Waals surface area (Å²) in [5.41, 5.74) is 1.88. The predicted octanol–water partition coefficient (Wildman–Crippen LogP) is 2.01. The van der Waals surface area contributed by atoms with Gasteiger partial charge in [-0.1, -0.05) is 18.2 Å². The number of hydrogen-bond acceptors (Lipinski definition) is 1. The Morgan fingerprint density at radius 1 is 1.10 bits per heavy atom. The molecule has 52 valence electrons. The van der Waals surface area contributed by atoms with Gasteiger partial charge >= 0.3 is 0 Å². The molecule has 0 aliphatic heterocycles. The monoisotopic (exact) mass is 170 g/mol. The largest absolute Gasteiger partial charge is 0.507 e. The first-order valence-electron chi connectivity index (χ1n) is 2.97. The van der Waals surface area contributed by atoms with Crippen LogP contribution in [0.15, 0.2) is 18.2 Å². The number of phenols is 1. The van der Waals surface area contributed by atoms with E-state index in [1.54, 1.807) is 0 Å². The third kappa shape index (κ3) is 1.86. The van der Waals surface area contributed by atoms with E-state index in [1.807, 2.05) is 32.0 Å². The minimum atomic E-state index is 0. The zero-order chi connectivity index (χ0) is 6.85. The van der Waals surface area contributed by atoms with Gasteiger partial charge in [0, 0.05) is 21.7 Å². The van der Waals surface area contributed by atoms with Crippen LogP contribution in [0.4, 0.5) is 0 Å². The van der Waals surface area contributed by atoms with Gasteiger partial charge in [-0.3, -0.25) is 0 Å². The Bertz CT molecular complexity index is 200. The number of hydrogen-bond donors (Lipinski definition) is 1. The number of para-hydroxylation sites is 1. The van der Waals surface area contributed by atoms with Crippen molar-refractivity contribution in [2.24, 2.45) is 0 Å². The molecule has 0 unspecified atom stereocenters. The SMILES string of the molecule is Cc1cccc(C)c1O.[Ti]. The van der Waals surface area contributed by atoms with E-state index >= 15 is 0 Å². The summed E-state index contributed by atoms with van der Waals surface area (Å²) in [5, 5.41) is 9.21. The Balaban J connectivity index is 0.000000810. The molecule has 1 N–H and O–H groups in total. The molecule has 0 fully saturated rings. The summed E-state index contributed by atoms with van der Waals surface area (Å²) in [7, 11) is 0. The van der Waals surface area contributed by atoms with Crippen LogP contribution in [0.5, 0.6) is 5.75 Å². The zero-order valence-corrected chi connectivity index (χ0v) is 7.74. The van der Waals surface area contributed by atoms with Gasteiger partial charge in [-0.15, -0.1) is 0 Å². The molecule has 0 radical (unpaired) electrons. The van der Waals surface area contributed by atoms with Crippen molar-refractivity contribution in [1.29, 1.82) is 0 Å². The number of rotatable bonds is 0. The van der Waals surface area contributed by atoms with Crippen molar-refractivity contribution in [3.05, 3.63) is 29.3 Å². The first-order chi connectivity index (χ1) is 4.22. The molecule has 0 spiro atoms. The minimum Gasteiger partial charge on any atom is -0.507 e. The first kappa shape index (κ1) is 9.73.